The third kappa shape index (κ3) is 3.67. The second-order valence-corrected chi connectivity index (χ2v) is 3.88. The quantitative estimate of drug-likeness (QED) is 0.532. The molecule has 1 heterocycles. The standard InChI is InChI=1S/C11H14N2O3S/c1-2-8(11(14)15)9(12)10(17)13-6-7-4-3-5-16-7/h3-5,8,12H,2,6H2,1H3,(H,13,17)(H,14,15)/t8-/m0/s1. The molecular formula is C11H14N2O3S. The number of carboxylic acid groups (broad SMARTS) is 1. The fourth-order valence-electron chi connectivity index (χ4n) is 1.34. The van der Waals surface area contributed by atoms with Gasteiger partial charge in [0, 0.05) is 0 Å². The molecule has 6 heteroatoms. The lowest BCUT2D eigenvalue weighted by molar-refractivity contribution is -0.139. The lowest BCUT2D eigenvalue weighted by Crippen LogP contribution is -2.36. The molecule has 3 N–H and O–H groups in total. The topological polar surface area (TPSA) is 86.3 Å². The molecule has 0 aliphatic carbocycles. The molecule has 92 valence electrons. The molecule has 0 amide bonds. The summed E-state index contributed by atoms with van der Waals surface area (Å²) in [7, 11) is 0. The number of aliphatic carboxylic acids is 1. The first-order valence-electron chi connectivity index (χ1n) is 5.18. The number of thiocarbonyl (C=S) groups is 1. The first kappa shape index (κ1) is 13.4. The van der Waals surface area contributed by atoms with Crippen LogP contribution in [0.1, 0.15) is 19.1 Å². The zero-order chi connectivity index (χ0) is 12.8. The van der Waals surface area contributed by atoms with E-state index in [0.717, 1.165) is 0 Å². The van der Waals surface area contributed by atoms with E-state index in [0.29, 0.717) is 18.7 Å². The van der Waals surface area contributed by atoms with Crippen molar-refractivity contribution in [2.45, 2.75) is 19.9 Å². The summed E-state index contributed by atoms with van der Waals surface area (Å²) in [5.74, 6) is -1.20. The van der Waals surface area contributed by atoms with E-state index < -0.39 is 11.9 Å². The number of carboxylic acids is 1. The summed E-state index contributed by atoms with van der Waals surface area (Å²) in [6.07, 6.45) is 1.88. The average Bonchev–Trinajstić information content (AvgIpc) is 2.78. The van der Waals surface area contributed by atoms with Crippen LogP contribution in [0.4, 0.5) is 0 Å². The third-order valence-corrected chi connectivity index (χ3v) is 2.67. The second kappa shape index (κ2) is 6.15. The van der Waals surface area contributed by atoms with Crippen LogP contribution in [0.2, 0.25) is 0 Å². The van der Waals surface area contributed by atoms with Crippen molar-refractivity contribution < 1.29 is 14.3 Å². The highest BCUT2D eigenvalue weighted by atomic mass is 32.1. The summed E-state index contributed by atoms with van der Waals surface area (Å²) in [4.78, 5) is 11.0. The lowest BCUT2D eigenvalue weighted by Gasteiger charge is -2.13. The van der Waals surface area contributed by atoms with Crippen molar-refractivity contribution in [3.63, 3.8) is 0 Å². The maximum atomic E-state index is 10.9. The minimum absolute atomic E-state index is 0.0680. The van der Waals surface area contributed by atoms with Crippen molar-refractivity contribution in [3.05, 3.63) is 24.2 Å². The molecule has 0 radical (unpaired) electrons. The largest absolute Gasteiger partial charge is 0.481 e. The number of rotatable bonds is 6. The molecular weight excluding hydrogens is 240 g/mol. The highest BCUT2D eigenvalue weighted by Gasteiger charge is 2.23. The van der Waals surface area contributed by atoms with Gasteiger partial charge in [0.25, 0.3) is 0 Å². The van der Waals surface area contributed by atoms with E-state index >= 15 is 0 Å². The van der Waals surface area contributed by atoms with Crippen molar-refractivity contribution >= 4 is 28.9 Å². The van der Waals surface area contributed by atoms with Gasteiger partial charge < -0.3 is 20.2 Å². The Kier molecular flexibility index (Phi) is 4.84. The normalized spacial score (nSPS) is 11.8. The zero-order valence-electron chi connectivity index (χ0n) is 9.40. The molecule has 0 aromatic carbocycles. The monoisotopic (exact) mass is 254 g/mol. The molecule has 1 atom stereocenters. The summed E-state index contributed by atoms with van der Waals surface area (Å²) in [6.45, 7) is 2.06. The van der Waals surface area contributed by atoms with Gasteiger partial charge in [-0.05, 0) is 18.6 Å². The predicted molar refractivity (Wildman–Crippen MR) is 67.3 cm³/mol. The molecule has 0 aliphatic heterocycles. The van der Waals surface area contributed by atoms with Crippen molar-refractivity contribution in [2.75, 3.05) is 0 Å². The van der Waals surface area contributed by atoms with Gasteiger partial charge in [0.15, 0.2) is 0 Å². The average molecular weight is 254 g/mol. The molecule has 0 fully saturated rings. The van der Waals surface area contributed by atoms with E-state index in [2.05, 4.69) is 5.32 Å². The van der Waals surface area contributed by atoms with Gasteiger partial charge >= 0.3 is 5.97 Å². The Morgan fingerprint density at radius 3 is 2.88 bits per heavy atom. The first-order valence-corrected chi connectivity index (χ1v) is 5.59. The fourth-order valence-corrected chi connectivity index (χ4v) is 1.55. The van der Waals surface area contributed by atoms with E-state index in [4.69, 9.17) is 27.2 Å². The Balaban J connectivity index is 2.52. The van der Waals surface area contributed by atoms with Crippen LogP contribution in [0, 0.1) is 11.3 Å². The van der Waals surface area contributed by atoms with Gasteiger partial charge in [-0.25, -0.2) is 0 Å². The summed E-state index contributed by atoms with van der Waals surface area (Å²) in [5, 5.41) is 19.4. The minimum Gasteiger partial charge on any atom is -0.481 e. The van der Waals surface area contributed by atoms with Crippen LogP contribution in [0.5, 0.6) is 0 Å². The number of hydrogen-bond acceptors (Lipinski definition) is 4. The highest BCUT2D eigenvalue weighted by Crippen LogP contribution is 2.06. The molecule has 0 aliphatic rings. The van der Waals surface area contributed by atoms with Crippen LogP contribution < -0.4 is 5.32 Å². The molecule has 1 rings (SSSR count). The van der Waals surface area contributed by atoms with Crippen LogP contribution in [-0.4, -0.2) is 21.8 Å². The van der Waals surface area contributed by atoms with Crippen LogP contribution in [0.3, 0.4) is 0 Å². The minimum atomic E-state index is -1.03. The van der Waals surface area contributed by atoms with E-state index in [1.165, 1.54) is 6.26 Å². The van der Waals surface area contributed by atoms with Crippen molar-refractivity contribution in [1.29, 1.82) is 5.41 Å². The Hall–Kier alpha value is -1.69. The van der Waals surface area contributed by atoms with E-state index in [-0.39, 0.29) is 10.7 Å². The zero-order valence-corrected chi connectivity index (χ0v) is 10.2. The van der Waals surface area contributed by atoms with Gasteiger partial charge in [-0.2, -0.15) is 0 Å². The third-order valence-electron chi connectivity index (χ3n) is 2.30. The van der Waals surface area contributed by atoms with Gasteiger partial charge in [0.05, 0.1) is 18.5 Å². The van der Waals surface area contributed by atoms with Crippen molar-refractivity contribution in [2.24, 2.45) is 5.92 Å². The SMILES string of the molecule is CC[C@@H](C(=N)C(=S)NCc1ccco1)C(=O)O. The van der Waals surface area contributed by atoms with Gasteiger partial charge in [0.1, 0.15) is 16.7 Å². The maximum Gasteiger partial charge on any atom is 0.312 e. The van der Waals surface area contributed by atoms with Crippen LogP contribution in [-0.2, 0) is 11.3 Å². The predicted octanol–water partition coefficient (Wildman–Crippen LogP) is 1.83. The molecule has 1 aromatic heterocycles. The van der Waals surface area contributed by atoms with Crippen molar-refractivity contribution in [3.8, 4) is 0 Å². The van der Waals surface area contributed by atoms with Crippen LogP contribution in [0.15, 0.2) is 22.8 Å². The Labute approximate surface area is 104 Å². The first-order chi connectivity index (χ1) is 8.06. The van der Waals surface area contributed by atoms with Crippen LogP contribution in [0.25, 0.3) is 0 Å². The second-order valence-electron chi connectivity index (χ2n) is 3.47. The molecule has 0 bridgehead atoms. The Bertz CT molecular complexity index is 414. The van der Waals surface area contributed by atoms with Crippen LogP contribution >= 0.6 is 12.2 Å². The molecule has 1 aromatic rings. The van der Waals surface area contributed by atoms with Crippen molar-refractivity contribution in [1.82, 2.24) is 5.32 Å². The van der Waals surface area contributed by atoms with Gasteiger partial charge in [-0.1, -0.05) is 19.1 Å². The Morgan fingerprint density at radius 1 is 1.71 bits per heavy atom. The summed E-state index contributed by atoms with van der Waals surface area (Å²) >= 11 is 4.97. The van der Waals surface area contributed by atoms with E-state index in [1.807, 2.05) is 0 Å². The lowest BCUT2D eigenvalue weighted by atomic mass is 10.0. The molecule has 0 spiro atoms. The number of furan rings is 1. The van der Waals surface area contributed by atoms with Gasteiger partial charge in [-0.15, -0.1) is 0 Å². The fraction of sp³-hybridized carbons (Fsp3) is 0.364. The molecule has 0 saturated heterocycles. The molecule has 5 nitrogen and oxygen atoms in total. The molecule has 0 unspecified atom stereocenters. The van der Waals surface area contributed by atoms with E-state index in [1.54, 1.807) is 19.1 Å². The molecule has 17 heavy (non-hydrogen) atoms. The number of hydrogen-bond donors (Lipinski definition) is 3. The summed E-state index contributed by atoms with van der Waals surface area (Å²) < 4.78 is 5.09. The Morgan fingerprint density at radius 2 is 2.41 bits per heavy atom. The molecule has 0 saturated carbocycles. The number of nitrogens with one attached hydrogen (secondary N) is 2. The number of carbonyl (C=O) groups is 1. The van der Waals surface area contributed by atoms with E-state index in [9.17, 15) is 4.79 Å². The summed E-state index contributed by atoms with van der Waals surface area (Å²) in [6, 6.07) is 3.52. The van der Waals surface area contributed by atoms with Gasteiger partial charge in [0.2, 0.25) is 0 Å². The highest BCUT2D eigenvalue weighted by molar-refractivity contribution is 7.82. The van der Waals surface area contributed by atoms with Gasteiger partial charge in [-0.3, -0.25) is 4.79 Å². The maximum absolute atomic E-state index is 10.9. The smallest absolute Gasteiger partial charge is 0.312 e. The summed E-state index contributed by atoms with van der Waals surface area (Å²) in [5.41, 5.74) is -0.0680.